The van der Waals surface area contributed by atoms with Crippen molar-refractivity contribution in [1.29, 1.82) is 0 Å². The van der Waals surface area contributed by atoms with Crippen LogP contribution in [0.3, 0.4) is 0 Å². The molecule has 0 spiro atoms. The lowest BCUT2D eigenvalue weighted by atomic mass is 9.82. The van der Waals surface area contributed by atoms with E-state index in [0.717, 1.165) is 12.1 Å². The zero-order chi connectivity index (χ0) is 21.3. The third-order valence-corrected chi connectivity index (χ3v) is 5.51. The average molecular weight is 409 g/mol. The van der Waals surface area contributed by atoms with Crippen LogP contribution in [0.25, 0.3) is 0 Å². The van der Waals surface area contributed by atoms with Gasteiger partial charge in [-0.3, -0.25) is 4.79 Å². The molecule has 1 saturated heterocycles. The average Bonchev–Trinajstić information content (AvgIpc) is 2.73. The standard InChI is InChI=1S/C23H28N4O3/c1-23(2,3)30-22(29)27-11-9-26(10-12-27)21-24-15-18-19(25-21)13-17(14-20(18)28)16-7-5-4-6-8-16/h4-8,15,17H,9-14H2,1-3H3. The normalized spacial score (nSPS) is 19.4. The Kier molecular flexibility index (Phi) is 5.45. The first-order valence-corrected chi connectivity index (χ1v) is 10.5. The number of Topliss-reactive ketones (excluding diaryl/α,β-unsaturated/α-hetero) is 1. The molecule has 158 valence electrons. The first-order chi connectivity index (χ1) is 14.3. The summed E-state index contributed by atoms with van der Waals surface area (Å²) in [7, 11) is 0. The maximum absolute atomic E-state index is 12.6. The van der Waals surface area contributed by atoms with Crippen LogP contribution >= 0.6 is 0 Å². The minimum atomic E-state index is -0.502. The molecule has 1 aliphatic heterocycles. The van der Waals surface area contributed by atoms with Gasteiger partial charge in [0.1, 0.15) is 5.60 Å². The molecule has 0 bridgehead atoms. The zero-order valence-corrected chi connectivity index (χ0v) is 17.8. The number of carbonyl (C=O) groups excluding carboxylic acids is 2. The van der Waals surface area contributed by atoms with E-state index in [0.29, 0.717) is 44.1 Å². The Hall–Kier alpha value is -2.96. The summed E-state index contributed by atoms with van der Waals surface area (Å²) < 4.78 is 5.46. The fourth-order valence-corrected chi connectivity index (χ4v) is 3.96. The molecule has 0 N–H and O–H groups in total. The number of benzene rings is 1. The number of amides is 1. The smallest absolute Gasteiger partial charge is 0.410 e. The third kappa shape index (κ3) is 4.45. The molecule has 2 aliphatic rings. The van der Waals surface area contributed by atoms with Crippen molar-refractivity contribution in [3.63, 3.8) is 0 Å². The number of ether oxygens (including phenoxy) is 1. The number of fused-ring (bicyclic) bond motifs is 1. The van der Waals surface area contributed by atoms with Crippen LogP contribution in [0.4, 0.5) is 10.7 Å². The molecule has 2 heterocycles. The van der Waals surface area contributed by atoms with Gasteiger partial charge in [0.05, 0.1) is 11.3 Å². The summed E-state index contributed by atoms with van der Waals surface area (Å²) >= 11 is 0. The Morgan fingerprint density at radius 2 is 1.77 bits per heavy atom. The van der Waals surface area contributed by atoms with Crippen LogP contribution in [0, 0.1) is 0 Å². The van der Waals surface area contributed by atoms with Crippen LogP contribution in [0.1, 0.15) is 54.7 Å². The number of carbonyl (C=O) groups is 2. The molecule has 0 saturated carbocycles. The van der Waals surface area contributed by atoms with Gasteiger partial charge in [-0.25, -0.2) is 14.8 Å². The minimum Gasteiger partial charge on any atom is -0.444 e. The number of hydrogen-bond acceptors (Lipinski definition) is 6. The van der Waals surface area contributed by atoms with Crippen molar-refractivity contribution in [1.82, 2.24) is 14.9 Å². The molecule has 7 nitrogen and oxygen atoms in total. The Balaban J connectivity index is 1.45. The van der Waals surface area contributed by atoms with Crippen molar-refractivity contribution >= 4 is 17.8 Å². The van der Waals surface area contributed by atoms with E-state index < -0.39 is 5.60 Å². The molecule has 1 aromatic carbocycles. The number of nitrogens with zero attached hydrogens (tertiary/aromatic N) is 4. The van der Waals surface area contributed by atoms with Gasteiger partial charge in [-0.2, -0.15) is 0 Å². The molecule has 1 fully saturated rings. The number of ketones is 1. The molecule has 1 aliphatic carbocycles. The quantitative estimate of drug-likeness (QED) is 0.758. The minimum absolute atomic E-state index is 0.103. The maximum atomic E-state index is 12.6. The summed E-state index contributed by atoms with van der Waals surface area (Å²) in [5, 5.41) is 0. The van der Waals surface area contributed by atoms with E-state index in [4.69, 9.17) is 9.72 Å². The summed E-state index contributed by atoms with van der Waals surface area (Å²) in [6.07, 6.45) is 2.61. The molecule has 4 rings (SSSR count). The second-order valence-corrected chi connectivity index (χ2v) is 8.92. The highest BCUT2D eigenvalue weighted by atomic mass is 16.6. The fourth-order valence-electron chi connectivity index (χ4n) is 3.96. The molecule has 2 aromatic rings. The van der Waals surface area contributed by atoms with E-state index in [-0.39, 0.29) is 17.8 Å². The highest BCUT2D eigenvalue weighted by molar-refractivity contribution is 5.98. The largest absolute Gasteiger partial charge is 0.444 e. The van der Waals surface area contributed by atoms with E-state index in [1.54, 1.807) is 11.1 Å². The van der Waals surface area contributed by atoms with Gasteiger partial charge in [-0.15, -0.1) is 0 Å². The molecule has 7 heteroatoms. The Morgan fingerprint density at radius 1 is 1.07 bits per heavy atom. The highest BCUT2D eigenvalue weighted by Gasteiger charge is 2.30. The van der Waals surface area contributed by atoms with Crippen molar-refractivity contribution in [2.24, 2.45) is 0 Å². The number of piperazine rings is 1. The number of anilines is 1. The maximum Gasteiger partial charge on any atom is 0.410 e. The van der Waals surface area contributed by atoms with E-state index in [9.17, 15) is 9.59 Å². The van der Waals surface area contributed by atoms with Crippen LogP contribution < -0.4 is 4.90 Å². The van der Waals surface area contributed by atoms with Crippen molar-refractivity contribution in [2.75, 3.05) is 31.1 Å². The second-order valence-electron chi connectivity index (χ2n) is 8.92. The Bertz CT molecular complexity index is 931. The summed E-state index contributed by atoms with van der Waals surface area (Å²) in [4.78, 5) is 37.9. The van der Waals surface area contributed by atoms with E-state index in [1.165, 1.54) is 5.56 Å². The summed E-state index contributed by atoms with van der Waals surface area (Å²) in [6, 6.07) is 10.1. The molecule has 30 heavy (non-hydrogen) atoms. The van der Waals surface area contributed by atoms with Gasteiger partial charge in [0.25, 0.3) is 0 Å². The summed E-state index contributed by atoms with van der Waals surface area (Å²) in [5.41, 5.74) is 2.12. The lowest BCUT2D eigenvalue weighted by Crippen LogP contribution is -2.50. The van der Waals surface area contributed by atoms with Gasteiger partial charge in [0.2, 0.25) is 5.95 Å². The van der Waals surface area contributed by atoms with Crippen LogP contribution in [0.15, 0.2) is 36.5 Å². The molecule has 1 amide bonds. The van der Waals surface area contributed by atoms with Crippen molar-refractivity contribution < 1.29 is 14.3 Å². The topological polar surface area (TPSA) is 75.6 Å². The zero-order valence-electron chi connectivity index (χ0n) is 17.8. The van der Waals surface area contributed by atoms with Gasteiger partial charge in [0.15, 0.2) is 5.78 Å². The molecule has 1 unspecified atom stereocenters. The van der Waals surface area contributed by atoms with Gasteiger partial charge < -0.3 is 14.5 Å². The van der Waals surface area contributed by atoms with Crippen molar-refractivity contribution in [3.05, 3.63) is 53.3 Å². The van der Waals surface area contributed by atoms with E-state index in [1.807, 2.05) is 39.0 Å². The molecular formula is C23H28N4O3. The second kappa shape index (κ2) is 8.05. The van der Waals surface area contributed by atoms with Gasteiger partial charge in [-0.05, 0) is 38.7 Å². The van der Waals surface area contributed by atoms with Crippen LogP contribution in [0.2, 0.25) is 0 Å². The fraction of sp³-hybridized carbons (Fsp3) is 0.478. The summed E-state index contributed by atoms with van der Waals surface area (Å²) in [6.45, 7) is 7.98. The van der Waals surface area contributed by atoms with Gasteiger partial charge >= 0.3 is 6.09 Å². The number of aromatic nitrogens is 2. The Labute approximate surface area is 177 Å². The van der Waals surface area contributed by atoms with Crippen LogP contribution in [-0.2, 0) is 11.2 Å². The van der Waals surface area contributed by atoms with Crippen molar-refractivity contribution in [3.8, 4) is 0 Å². The number of rotatable bonds is 2. The predicted molar refractivity (Wildman–Crippen MR) is 114 cm³/mol. The molecule has 1 aromatic heterocycles. The third-order valence-electron chi connectivity index (χ3n) is 5.51. The lowest BCUT2D eigenvalue weighted by Gasteiger charge is -2.36. The van der Waals surface area contributed by atoms with Crippen LogP contribution in [-0.4, -0.2) is 58.5 Å². The van der Waals surface area contributed by atoms with Gasteiger partial charge in [0, 0.05) is 38.8 Å². The van der Waals surface area contributed by atoms with Crippen molar-refractivity contribution in [2.45, 2.75) is 45.1 Å². The lowest BCUT2D eigenvalue weighted by molar-refractivity contribution is 0.0240. The van der Waals surface area contributed by atoms with Gasteiger partial charge in [-0.1, -0.05) is 30.3 Å². The first-order valence-electron chi connectivity index (χ1n) is 10.5. The SMILES string of the molecule is CC(C)(C)OC(=O)N1CCN(c2ncc3c(n2)CC(c2ccccc2)CC3=O)CC1. The molecule has 0 radical (unpaired) electrons. The monoisotopic (exact) mass is 408 g/mol. The highest BCUT2D eigenvalue weighted by Crippen LogP contribution is 2.32. The molecule has 1 atom stereocenters. The Morgan fingerprint density at radius 3 is 2.43 bits per heavy atom. The van der Waals surface area contributed by atoms with E-state index >= 15 is 0 Å². The van der Waals surface area contributed by atoms with E-state index in [2.05, 4.69) is 22.0 Å². The molecular weight excluding hydrogens is 380 g/mol. The number of hydrogen-bond donors (Lipinski definition) is 0. The summed E-state index contributed by atoms with van der Waals surface area (Å²) in [5.74, 6) is 0.878. The van der Waals surface area contributed by atoms with Crippen LogP contribution in [0.5, 0.6) is 0 Å². The first kappa shape index (κ1) is 20.3. The predicted octanol–water partition coefficient (Wildman–Crippen LogP) is 3.45.